The van der Waals surface area contributed by atoms with E-state index in [-0.39, 0.29) is 13.2 Å². The van der Waals surface area contributed by atoms with E-state index in [0.717, 1.165) is 0 Å². The fourth-order valence-electron chi connectivity index (χ4n) is 1.17. The van der Waals surface area contributed by atoms with Crippen molar-refractivity contribution >= 4 is 15.7 Å². The maximum absolute atomic E-state index is 11.7. The van der Waals surface area contributed by atoms with E-state index in [1.54, 1.807) is 45.0 Å². The maximum Gasteiger partial charge on any atom is 0.216 e. The minimum Gasteiger partial charge on any atom is -0.492 e. The highest BCUT2D eigenvalue weighted by Gasteiger charge is 2.28. The van der Waals surface area contributed by atoms with E-state index in [9.17, 15) is 8.42 Å². The molecule has 6 heteroatoms. The molecule has 0 aliphatic carbocycles. The van der Waals surface area contributed by atoms with Crippen LogP contribution in [0.3, 0.4) is 0 Å². The lowest BCUT2D eigenvalue weighted by Crippen LogP contribution is -2.41. The third kappa shape index (κ3) is 4.19. The van der Waals surface area contributed by atoms with Gasteiger partial charge in [0.05, 0.1) is 4.75 Å². The van der Waals surface area contributed by atoms with Crippen LogP contribution in [0, 0.1) is 0 Å². The quantitative estimate of drug-likeness (QED) is 0.626. The number of nitrogen functional groups attached to an aromatic ring is 1. The normalized spacial score (nSPS) is 12.4. The van der Waals surface area contributed by atoms with Crippen molar-refractivity contribution in [1.82, 2.24) is 4.72 Å². The van der Waals surface area contributed by atoms with Crippen LogP contribution in [0.5, 0.6) is 5.75 Å². The van der Waals surface area contributed by atoms with E-state index in [1.807, 2.05) is 0 Å². The van der Waals surface area contributed by atoms with Gasteiger partial charge in [0.2, 0.25) is 10.0 Å². The Morgan fingerprint density at radius 2 is 2.00 bits per heavy atom. The van der Waals surface area contributed by atoms with Crippen LogP contribution in [0.15, 0.2) is 24.3 Å². The molecule has 0 aromatic heterocycles. The van der Waals surface area contributed by atoms with Crippen LogP contribution in [-0.2, 0) is 10.0 Å². The first kappa shape index (κ1) is 14.8. The van der Waals surface area contributed by atoms with Gasteiger partial charge in [-0.15, -0.1) is 0 Å². The Balaban J connectivity index is 2.41. The molecule has 0 atom stereocenters. The van der Waals surface area contributed by atoms with Crippen LogP contribution in [0.2, 0.25) is 0 Å². The zero-order valence-corrected chi connectivity index (χ0v) is 11.8. The summed E-state index contributed by atoms with van der Waals surface area (Å²) in [5, 5.41) is 0. The van der Waals surface area contributed by atoms with E-state index >= 15 is 0 Å². The lowest BCUT2D eigenvalue weighted by Gasteiger charge is -2.19. The second kappa shape index (κ2) is 5.58. The second-order valence-electron chi connectivity index (χ2n) is 4.93. The van der Waals surface area contributed by atoms with Gasteiger partial charge in [-0.25, -0.2) is 13.1 Å². The van der Waals surface area contributed by atoms with E-state index in [1.165, 1.54) is 0 Å². The molecular weight excluding hydrogens is 252 g/mol. The summed E-state index contributed by atoms with van der Waals surface area (Å²) in [6.45, 7) is 5.43. The standard InChI is InChI=1S/C12H20N2O3S/c1-12(2,3)18(15,16)14-7-8-17-11-6-4-5-10(13)9-11/h4-6,9,14H,7-8,13H2,1-3H3. The lowest BCUT2D eigenvalue weighted by molar-refractivity contribution is 0.322. The highest BCUT2D eigenvalue weighted by molar-refractivity contribution is 7.90. The van der Waals surface area contributed by atoms with Gasteiger partial charge in [-0.05, 0) is 32.9 Å². The average Bonchev–Trinajstić information content (AvgIpc) is 2.23. The van der Waals surface area contributed by atoms with Gasteiger partial charge in [-0.1, -0.05) is 6.07 Å². The predicted molar refractivity (Wildman–Crippen MR) is 73.0 cm³/mol. The van der Waals surface area contributed by atoms with Gasteiger partial charge >= 0.3 is 0 Å². The Hall–Kier alpha value is -1.27. The summed E-state index contributed by atoms with van der Waals surface area (Å²) in [5.41, 5.74) is 6.21. The number of anilines is 1. The summed E-state index contributed by atoms with van der Waals surface area (Å²) >= 11 is 0. The number of rotatable bonds is 5. The molecule has 1 aromatic carbocycles. The van der Waals surface area contributed by atoms with E-state index in [2.05, 4.69) is 4.72 Å². The molecule has 18 heavy (non-hydrogen) atoms. The molecule has 1 aromatic rings. The zero-order valence-electron chi connectivity index (χ0n) is 10.9. The van der Waals surface area contributed by atoms with E-state index in [4.69, 9.17) is 10.5 Å². The number of hydrogen-bond acceptors (Lipinski definition) is 4. The second-order valence-corrected chi connectivity index (χ2v) is 7.45. The summed E-state index contributed by atoms with van der Waals surface area (Å²) in [7, 11) is -3.32. The van der Waals surface area contributed by atoms with Crippen molar-refractivity contribution in [2.24, 2.45) is 0 Å². The van der Waals surface area contributed by atoms with Crippen molar-refractivity contribution in [3.05, 3.63) is 24.3 Å². The van der Waals surface area contributed by atoms with Crippen LogP contribution in [0.25, 0.3) is 0 Å². The SMILES string of the molecule is CC(C)(C)S(=O)(=O)NCCOc1cccc(N)c1. The van der Waals surface area contributed by atoms with Crippen LogP contribution in [-0.4, -0.2) is 26.3 Å². The van der Waals surface area contributed by atoms with Gasteiger partial charge in [0.25, 0.3) is 0 Å². The molecule has 0 heterocycles. The van der Waals surface area contributed by atoms with Gasteiger partial charge in [-0.3, -0.25) is 0 Å². The number of hydrogen-bond donors (Lipinski definition) is 2. The molecule has 0 spiro atoms. The highest BCUT2D eigenvalue weighted by Crippen LogP contribution is 2.15. The van der Waals surface area contributed by atoms with Gasteiger partial charge in [0.1, 0.15) is 12.4 Å². The first-order chi connectivity index (χ1) is 8.22. The Kier molecular flexibility index (Phi) is 4.59. The Bertz CT molecular complexity index is 492. The first-order valence-corrected chi connectivity index (χ1v) is 7.18. The van der Waals surface area contributed by atoms with Crippen molar-refractivity contribution in [2.45, 2.75) is 25.5 Å². The Morgan fingerprint density at radius 1 is 1.33 bits per heavy atom. The van der Waals surface area contributed by atoms with Crippen molar-refractivity contribution in [1.29, 1.82) is 0 Å². The van der Waals surface area contributed by atoms with Gasteiger partial charge in [0, 0.05) is 18.3 Å². The molecule has 3 N–H and O–H groups in total. The molecule has 0 bridgehead atoms. The molecule has 0 aliphatic rings. The van der Waals surface area contributed by atoms with Crippen molar-refractivity contribution in [3.63, 3.8) is 0 Å². The van der Waals surface area contributed by atoms with Crippen LogP contribution < -0.4 is 15.2 Å². The molecule has 102 valence electrons. The van der Waals surface area contributed by atoms with E-state index < -0.39 is 14.8 Å². The molecule has 0 unspecified atom stereocenters. The smallest absolute Gasteiger partial charge is 0.216 e. The van der Waals surface area contributed by atoms with Crippen molar-refractivity contribution in [3.8, 4) is 5.75 Å². The lowest BCUT2D eigenvalue weighted by atomic mass is 10.3. The van der Waals surface area contributed by atoms with Gasteiger partial charge in [-0.2, -0.15) is 0 Å². The summed E-state index contributed by atoms with van der Waals surface area (Å²) in [6, 6.07) is 7.01. The number of sulfonamides is 1. The largest absolute Gasteiger partial charge is 0.492 e. The maximum atomic E-state index is 11.7. The molecule has 0 saturated heterocycles. The summed E-state index contributed by atoms with van der Waals surface area (Å²) < 4.78 is 30.5. The monoisotopic (exact) mass is 272 g/mol. The minimum absolute atomic E-state index is 0.231. The van der Waals surface area contributed by atoms with Crippen LogP contribution in [0.1, 0.15) is 20.8 Å². The van der Waals surface area contributed by atoms with Crippen molar-refractivity contribution in [2.75, 3.05) is 18.9 Å². The number of benzene rings is 1. The van der Waals surface area contributed by atoms with Crippen LogP contribution >= 0.6 is 0 Å². The molecule has 0 saturated carbocycles. The van der Waals surface area contributed by atoms with Crippen LogP contribution in [0.4, 0.5) is 5.69 Å². The number of nitrogens with one attached hydrogen (secondary N) is 1. The molecular formula is C12H20N2O3S. The molecule has 0 fully saturated rings. The highest BCUT2D eigenvalue weighted by atomic mass is 32.2. The fraction of sp³-hybridized carbons (Fsp3) is 0.500. The van der Waals surface area contributed by atoms with Gasteiger partial charge in [0.15, 0.2) is 0 Å². The van der Waals surface area contributed by atoms with Gasteiger partial charge < -0.3 is 10.5 Å². The Morgan fingerprint density at radius 3 is 2.56 bits per heavy atom. The average molecular weight is 272 g/mol. The third-order valence-corrected chi connectivity index (χ3v) is 4.52. The molecule has 5 nitrogen and oxygen atoms in total. The summed E-state index contributed by atoms with van der Waals surface area (Å²) in [5.74, 6) is 0.630. The molecule has 0 radical (unpaired) electrons. The molecule has 1 rings (SSSR count). The topological polar surface area (TPSA) is 81.4 Å². The van der Waals surface area contributed by atoms with Crippen molar-refractivity contribution < 1.29 is 13.2 Å². The summed E-state index contributed by atoms with van der Waals surface area (Å²) in [4.78, 5) is 0. The number of ether oxygens (including phenoxy) is 1. The minimum atomic E-state index is -3.32. The zero-order chi connectivity index (χ0) is 13.8. The third-order valence-electron chi connectivity index (χ3n) is 2.33. The van der Waals surface area contributed by atoms with E-state index in [0.29, 0.717) is 11.4 Å². The first-order valence-electron chi connectivity index (χ1n) is 5.70. The number of nitrogens with two attached hydrogens (primary N) is 1. The molecule has 0 aliphatic heterocycles. The Labute approximate surface area is 108 Å². The predicted octanol–water partition coefficient (Wildman–Crippen LogP) is 1.37. The molecule has 0 amide bonds. The fourth-order valence-corrected chi connectivity index (χ4v) is 1.95. The summed E-state index contributed by atoms with van der Waals surface area (Å²) in [6.07, 6.45) is 0.